The van der Waals surface area contributed by atoms with Crippen LogP contribution in [0.2, 0.25) is 0 Å². The predicted octanol–water partition coefficient (Wildman–Crippen LogP) is 4.17. The van der Waals surface area contributed by atoms with E-state index in [2.05, 4.69) is 17.2 Å². The first-order valence-corrected chi connectivity index (χ1v) is 9.73. The topological polar surface area (TPSA) is 70.7 Å². The first kappa shape index (κ1) is 22.0. The van der Waals surface area contributed by atoms with E-state index in [1.54, 1.807) is 35.2 Å². The summed E-state index contributed by atoms with van der Waals surface area (Å²) in [5.74, 6) is 0.360. The zero-order valence-electron chi connectivity index (χ0n) is 17.3. The Morgan fingerprint density at radius 1 is 1.07 bits per heavy atom. The van der Waals surface area contributed by atoms with Crippen LogP contribution >= 0.6 is 0 Å². The third-order valence-electron chi connectivity index (χ3n) is 4.25. The highest BCUT2D eigenvalue weighted by atomic mass is 16.5. The zero-order chi connectivity index (χ0) is 21.2. The van der Waals surface area contributed by atoms with Gasteiger partial charge in [-0.1, -0.05) is 24.8 Å². The van der Waals surface area contributed by atoms with E-state index in [0.29, 0.717) is 42.4 Å². The summed E-state index contributed by atoms with van der Waals surface area (Å²) in [6.07, 6.45) is 0. The van der Waals surface area contributed by atoms with Crippen molar-refractivity contribution >= 4 is 23.2 Å². The Kier molecular flexibility index (Phi) is 8.27. The largest absolute Gasteiger partial charge is 0.487 e. The van der Waals surface area contributed by atoms with Crippen molar-refractivity contribution in [1.82, 2.24) is 4.90 Å². The number of nitrogens with zero attached hydrogens (tertiary/aromatic N) is 1. The van der Waals surface area contributed by atoms with Gasteiger partial charge < -0.3 is 20.3 Å². The molecule has 0 atom stereocenters. The van der Waals surface area contributed by atoms with Crippen LogP contribution in [-0.2, 0) is 4.79 Å². The number of hydrogen-bond donors (Lipinski definition) is 2. The van der Waals surface area contributed by atoms with Gasteiger partial charge in [-0.3, -0.25) is 9.59 Å². The maximum Gasteiger partial charge on any atom is 0.253 e. The van der Waals surface area contributed by atoms with E-state index in [9.17, 15) is 9.59 Å². The van der Waals surface area contributed by atoms with Crippen LogP contribution in [0.15, 0.2) is 60.7 Å². The Morgan fingerprint density at radius 2 is 1.79 bits per heavy atom. The molecule has 0 saturated carbocycles. The Hall–Kier alpha value is -3.28. The van der Waals surface area contributed by atoms with Gasteiger partial charge in [0.1, 0.15) is 12.4 Å². The van der Waals surface area contributed by atoms with Crippen LogP contribution in [0.4, 0.5) is 11.4 Å². The number of carbonyl (C=O) groups is 2. The standard InChI is InChI=1S/C23H29N3O3/c1-5-26(6-2)23(28)18-10-9-11-19(14-18)24-15-22(27)25-20-12-7-8-13-21(20)29-16-17(3)4/h7-14,24H,3,5-6,15-16H2,1-2,4H3,(H,25,27). The molecule has 6 heteroatoms. The van der Waals surface area contributed by atoms with Crippen molar-refractivity contribution in [3.63, 3.8) is 0 Å². The Balaban J connectivity index is 1.97. The molecule has 6 nitrogen and oxygen atoms in total. The maximum absolute atomic E-state index is 12.5. The number of para-hydroxylation sites is 2. The van der Waals surface area contributed by atoms with E-state index in [1.807, 2.05) is 39.0 Å². The highest BCUT2D eigenvalue weighted by Crippen LogP contribution is 2.24. The summed E-state index contributed by atoms with van der Waals surface area (Å²) in [6, 6.07) is 14.4. The van der Waals surface area contributed by atoms with Gasteiger partial charge in [0, 0.05) is 24.3 Å². The fourth-order valence-corrected chi connectivity index (χ4v) is 2.73. The van der Waals surface area contributed by atoms with Gasteiger partial charge >= 0.3 is 0 Å². The fourth-order valence-electron chi connectivity index (χ4n) is 2.73. The molecule has 154 valence electrons. The van der Waals surface area contributed by atoms with Crippen LogP contribution in [0, 0.1) is 0 Å². The molecule has 0 fully saturated rings. The number of carbonyl (C=O) groups excluding carboxylic acids is 2. The Morgan fingerprint density at radius 3 is 2.48 bits per heavy atom. The van der Waals surface area contributed by atoms with Crippen molar-refractivity contribution in [2.24, 2.45) is 0 Å². The fraction of sp³-hybridized carbons (Fsp3) is 0.304. The molecule has 0 radical (unpaired) electrons. The molecule has 0 bridgehead atoms. The number of hydrogen-bond acceptors (Lipinski definition) is 4. The lowest BCUT2D eigenvalue weighted by molar-refractivity contribution is -0.114. The first-order chi connectivity index (χ1) is 13.9. The zero-order valence-corrected chi connectivity index (χ0v) is 17.3. The van der Waals surface area contributed by atoms with Gasteiger partial charge in [-0.05, 0) is 56.7 Å². The molecule has 0 aliphatic carbocycles. The van der Waals surface area contributed by atoms with Gasteiger partial charge in [-0.2, -0.15) is 0 Å². The Bertz CT molecular complexity index is 860. The minimum atomic E-state index is -0.211. The van der Waals surface area contributed by atoms with E-state index in [1.165, 1.54) is 0 Å². The van der Waals surface area contributed by atoms with E-state index >= 15 is 0 Å². The number of amides is 2. The van der Waals surface area contributed by atoms with Gasteiger partial charge in [-0.25, -0.2) is 0 Å². The molecule has 2 aromatic rings. The normalized spacial score (nSPS) is 10.2. The van der Waals surface area contributed by atoms with Crippen LogP contribution in [-0.4, -0.2) is 43.0 Å². The number of ether oxygens (including phenoxy) is 1. The number of benzene rings is 2. The lowest BCUT2D eigenvalue weighted by Crippen LogP contribution is -2.30. The summed E-state index contributed by atoms with van der Waals surface area (Å²) >= 11 is 0. The summed E-state index contributed by atoms with van der Waals surface area (Å²) in [4.78, 5) is 26.6. The van der Waals surface area contributed by atoms with Crippen LogP contribution in [0.3, 0.4) is 0 Å². The molecular formula is C23H29N3O3. The van der Waals surface area contributed by atoms with Gasteiger partial charge in [-0.15, -0.1) is 0 Å². The molecule has 0 heterocycles. The van der Waals surface area contributed by atoms with Crippen molar-refractivity contribution in [2.45, 2.75) is 20.8 Å². The summed E-state index contributed by atoms with van der Waals surface area (Å²) in [6.45, 7) is 11.4. The molecule has 0 aliphatic heterocycles. The summed E-state index contributed by atoms with van der Waals surface area (Å²) in [5.41, 5.74) is 2.81. The van der Waals surface area contributed by atoms with Crippen molar-refractivity contribution in [1.29, 1.82) is 0 Å². The minimum Gasteiger partial charge on any atom is -0.487 e. The SMILES string of the molecule is C=C(C)COc1ccccc1NC(=O)CNc1cccc(C(=O)N(CC)CC)c1. The van der Waals surface area contributed by atoms with Crippen LogP contribution in [0.25, 0.3) is 0 Å². The van der Waals surface area contributed by atoms with Gasteiger partial charge in [0.2, 0.25) is 5.91 Å². The molecule has 0 saturated heterocycles. The number of nitrogens with one attached hydrogen (secondary N) is 2. The third-order valence-corrected chi connectivity index (χ3v) is 4.25. The number of rotatable bonds is 10. The van der Waals surface area contributed by atoms with Gasteiger partial charge in [0.25, 0.3) is 5.91 Å². The third kappa shape index (κ3) is 6.68. The maximum atomic E-state index is 12.5. The average molecular weight is 396 g/mol. The Labute approximate surface area is 172 Å². The van der Waals surface area contributed by atoms with Crippen molar-refractivity contribution in [3.8, 4) is 5.75 Å². The second kappa shape index (κ2) is 10.9. The molecule has 0 aromatic heterocycles. The number of anilines is 2. The highest BCUT2D eigenvalue weighted by Gasteiger charge is 2.13. The summed E-state index contributed by atoms with van der Waals surface area (Å²) < 4.78 is 5.67. The van der Waals surface area contributed by atoms with E-state index in [4.69, 9.17) is 4.74 Å². The van der Waals surface area contributed by atoms with Gasteiger partial charge in [0.05, 0.1) is 12.2 Å². The summed E-state index contributed by atoms with van der Waals surface area (Å²) in [5, 5.41) is 5.91. The molecule has 2 amide bonds. The van der Waals surface area contributed by atoms with E-state index in [-0.39, 0.29) is 18.4 Å². The molecule has 0 spiro atoms. The molecule has 2 aromatic carbocycles. The quantitative estimate of drug-likeness (QED) is 0.592. The monoisotopic (exact) mass is 395 g/mol. The molecular weight excluding hydrogens is 366 g/mol. The summed E-state index contributed by atoms with van der Waals surface area (Å²) in [7, 11) is 0. The van der Waals surface area contributed by atoms with Crippen molar-refractivity contribution in [2.75, 3.05) is 36.9 Å². The van der Waals surface area contributed by atoms with Crippen LogP contribution in [0.1, 0.15) is 31.1 Å². The van der Waals surface area contributed by atoms with Crippen LogP contribution in [0.5, 0.6) is 5.75 Å². The van der Waals surface area contributed by atoms with Gasteiger partial charge in [0.15, 0.2) is 0 Å². The highest BCUT2D eigenvalue weighted by molar-refractivity contribution is 5.96. The van der Waals surface area contributed by atoms with Crippen molar-refractivity contribution < 1.29 is 14.3 Å². The van der Waals surface area contributed by atoms with E-state index in [0.717, 1.165) is 5.57 Å². The molecule has 2 rings (SSSR count). The minimum absolute atomic E-state index is 0.0216. The average Bonchev–Trinajstić information content (AvgIpc) is 2.72. The lowest BCUT2D eigenvalue weighted by atomic mass is 10.1. The van der Waals surface area contributed by atoms with E-state index < -0.39 is 0 Å². The van der Waals surface area contributed by atoms with Crippen LogP contribution < -0.4 is 15.4 Å². The molecule has 0 aliphatic rings. The molecule has 2 N–H and O–H groups in total. The first-order valence-electron chi connectivity index (χ1n) is 9.73. The molecule has 29 heavy (non-hydrogen) atoms. The van der Waals surface area contributed by atoms with Crippen molar-refractivity contribution in [3.05, 3.63) is 66.2 Å². The second-order valence-corrected chi connectivity index (χ2v) is 6.70. The molecule has 0 unspecified atom stereocenters. The second-order valence-electron chi connectivity index (χ2n) is 6.70. The smallest absolute Gasteiger partial charge is 0.253 e. The lowest BCUT2D eigenvalue weighted by Gasteiger charge is -2.19. The predicted molar refractivity (Wildman–Crippen MR) is 118 cm³/mol.